The number of carboxylic acids is 1. The van der Waals surface area contributed by atoms with E-state index in [1.54, 1.807) is 6.92 Å². The van der Waals surface area contributed by atoms with Crippen LogP contribution in [0, 0.1) is 11.6 Å². The number of hydrogen-bond donors (Lipinski definition) is 2. The van der Waals surface area contributed by atoms with E-state index < -0.39 is 22.9 Å². The van der Waals surface area contributed by atoms with Crippen LogP contribution in [0.25, 0.3) is 0 Å². The number of rotatable bonds is 4. The van der Waals surface area contributed by atoms with Gasteiger partial charge in [-0.3, -0.25) is 0 Å². The number of carboxylic acid groups (broad SMARTS) is 1. The van der Waals surface area contributed by atoms with Crippen LogP contribution in [0.3, 0.4) is 0 Å². The summed E-state index contributed by atoms with van der Waals surface area (Å²) in [6.07, 6.45) is 0. The molecule has 1 rings (SSSR count). The lowest BCUT2D eigenvalue weighted by Crippen LogP contribution is -2.09. The molecule has 6 heteroatoms. The minimum atomic E-state index is -1.27. The Morgan fingerprint density at radius 3 is 2.47 bits per heavy atom. The van der Waals surface area contributed by atoms with Gasteiger partial charge in [-0.25, -0.2) is 13.6 Å². The molecule has 0 bridgehead atoms. The molecule has 3 N–H and O–H groups in total. The van der Waals surface area contributed by atoms with Crippen LogP contribution in [-0.4, -0.2) is 11.1 Å². The molecule has 0 heterocycles. The van der Waals surface area contributed by atoms with Crippen LogP contribution in [0.15, 0.2) is 29.3 Å². The third-order valence-corrected chi connectivity index (χ3v) is 3.09. The largest absolute Gasteiger partial charge is 0.477 e. The fraction of sp³-hybridized carbons (Fsp3) is 0.182. The summed E-state index contributed by atoms with van der Waals surface area (Å²) in [6.45, 7) is 1.57. The first-order valence-electron chi connectivity index (χ1n) is 4.71. The SMILES string of the molecule is CC(S/C=C(\N)C(=O)O)c1c(F)cccc1F. The van der Waals surface area contributed by atoms with Crippen LogP contribution in [0.2, 0.25) is 0 Å². The summed E-state index contributed by atoms with van der Waals surface area (Å²) in [5, 5.41) is 9.12. The summed E-state index contributed by atoms with van der Waals surface area (Å²) in [4.78, 5) is 10.4. The van der Waals surface area contributed by atoms with Gasteiger partial charge in [0, 0.05) is 16.2 Å². The Morgan fingerprint density at radius 2 is 2.00 bits per heavy atom. The van der Waals surface area contributed by atoms with Crippen molar-refractivity contribution in [3.8, 4) is 0 Å². The average molecular weight is 259 g/mol. The Hall–Kier alpha value is -1.56. The molecular formula is C11H11F2NO2S. The van der Waals surface area contributed by atoms with Crippen LogP contribution >= 0.6 is 11.8 Å². The molecule has 17 heavy (non-hydrogen) atoms. The van der Waals surface area contributed by atoms with Crippen molar-refractivity contribution in [3.63, 3.8) is 0 Å². The van der Waals surface area contributed by atoms with E-state index in [0.29, 0.717) is 0 Å². The molecule has 1 atom stereocenters. The molecule has 3 nitrogen and oxygen atoms in total. The second-order valence-corrected chi connectivity index (χ2v) is 4.51. The van der Waals surface area contributed by atoms with Gasteiger partial charge in [-0.2, -0.15) is 0 Å². The van der Waals surface area contributed by atoms with Gasteiger partial charge in [0.05, 0.1) is 0 Å². The summed E-state index contributed by atoms with van der Waals surface area (Å²) >= 11 is 0.946. The minimum absolute atomic E-state index is 0.0908. The molecular weight excluding hydrogens is 248 g/mol. The van der Waals surface area contributed by atoms with E-state index in [-0.39, 0.29) is 11.3 Å². The molecule has 1 aromatic carbocycles. The van der Waals surface area contributed by atoms with Crippen molar-refractivity contribution in [3.05, 3.63) is 46.5 Å². The van der Waals surface area contributed by atoms with Gasteiger partial charge in [-0.15, -0.1) is 11.8 Å². The maximum atomic E-state index is 13.4. The molecule has 1 aromatic rings. The lowest BCUT2D eigenvalue weighted by molar-refractivity contribution is -0.132. The second kappa shape index (κ2) is 5.67. The Morgan fingerprint density at radius 1 is 1.47 bits per heavy atom. The summed E-state index contributed by atoms with van der Waals surface area (Å²) in [7, 11) is 0. The first-order valence-corrected chi connectivity index (χ1v) is 5.66. The molecule has 0 aliphatic heterocycles. The molecule has 0 aliphatic rings. The number of nitrogens with two attached hydrogens (primary N) is 1. The molecule has 1 unspecified atom stereocenters. The summed E-state index contributed by atoms with van der Waals surface area (Å²) in [5.41, 5.74) is 4.72. The molecule has 0 fully saturated rings. The Balaban J connectivity index is 2.87. The van der Waals surface area contributed by atoms with Crippen molar-refractivity contribution in [2.75, 3.05) is 0 Å². The third kappa shape index (κ3) is 3.45. The Labute approximate surface area is 101 Å². The van der Waals surface area contributed by atoms with Gasteiger partial charge in [-0.05, 0) is 19.1 Å². The van der Waals surface area contributed by atoms with Crippen molar-refractivity contribution < 1.29 is 18.7 Å². The lowest BCUT2D eigenvalue weighted by Gasteiger charge is -2.11. The monoisotopic (exact) mass is 259 g/mol. The fourth-order valence-corrected chi connectivity index (χ4v) is 2.01. The molecule has 0 aliphatic carbocycles. The highest BCUT2D eigenvalue weighted by atomic mass is 32.2. The molecule has 0 amide bonds. The zero-order chi connectivity index (χ0) is 13.0. The highest BCUT2D eigenvalue weighted by Gasteiger charge is 2.16. The zero-order valence-electron chi connectivity index (χ0n) is 8.98. The highest BCUT2D eigenvalue weighted by Crippen LogP contribution is 2.32. The second-order valence-electron chi connectivity index (χ2n) is 3.29. The molecule has 0 saturated carbocycles. The molecule has 0 aromatic heterocycles. The van der Waals surface area contributed by atoms with Crippen molar-refractivity contribution in [2.45, 2.75) is 12.2 Å². The van der Waals surface area contributed by atoms with Gasteiger partial charge in [0.1, 0.15) is 17.3 Å². The van der Waals surface area contributed by atoms with Crippen molar-refractivity contribution in [2.24, 2.45) is 5.73 Å². The van der Waals surface area contributed by atoms with E-state index in [2.05, 4.69) is 0 Å². The van der Waals surface area contributed by atoms with Crippen LogP contribution < -0.4 is 5.73 Å². The van der Waals surface area contributed by atoms with Crippen LogP contribution in [0.4, 0.5) is 8.78 Å². The first kappa shape index (κ1) is 13.5. The van der Waals surface area contributed by atoms with E-state index in [0.717, 1.165) is 23.9 Å². The van der Waals surface area contributed by atoms with Crippen LogP contribution in [0.1, 0.15) is 17.7 Å². The van der Waals surface area contributed by atoms with E-state index >= 15 is 0 Å². The average Bonchev–Trinajstić information content (AvgIpc) is 2.25. The van der Waals surface area contributed by atoms with E-state index in [9.17, 15) is 13.6 Å². The van der Waals surface area contributed by atoms with Gasteiger partial charge in [0.15, 0.2) is 0 Å². The van der Waals surface area contributed by atoms with Crippen LogP contribution in [-0.2, 0) is 4.79 Å². The maximum absolute atomic E-state index is 13.4. The quantitative estimate of drug-likeness (QED) is 0.816. The maximum Gasteiger partial charge on any atom is 0.352 e. The van der Waals surface area contributed by atoms with Gasteiger partial charge in [0.2, 0.25) is 0 Å². The van der Waals surface area contributed by atoms with Crippen molar-refractivity contribution >= 4 is 17.7 Å². The lowest BCUT2D eigenvalue weighted by atomic mass is 10.1. The molecule has 0 saturated heterocycles. The minimum Gasteiger partial charge on any atom is -0.477 e. The zero-order valence-corrected chi connectivity index (χ0v) is 9.80. The number of hydrogen-bond acceptors (Lipinski definition) is 3. The first-order chi connectivity index (χ1) is 7.93. The van der Waals surface area contributed by atoms with E-state index in [1.165, 1.54) is 11.5 Å². The summed E-state index contributed by atoms with van der Waals surface area (Å²) in [6, 6.07) is 3.58. The molecule has 0 radical (unpaired) electrons. The third-order valence-electron chi connectivity index (χ3n) is 2.05. The number of thioether (sulfide) groups is 1. The van der Waals surface area contributed by atoms with Gasteiger partial charge in [-0.1, -0.05) is 6.07 Å². The van der Waals surface area contributed by atoms with Crippen molar-refractivity contribution in [1.29, 1.82) is 0 Å². The standard InChI is InChI=1S/C11H11F2NO2S/c1-6(17-5-9(14)11(15)16)10-7(12)3-2-4-8(10)13/h2-6H,14H2,1H3,(H,15,16)/b9-5-. The normalized spacial score (nSPS) is 13.5. The predicted molar refractivity (Wildman–Crippen MR) is 62.3 cm³/mol. The van der Waals surface area contributed by atoms with Gasteiger partial charge < -0.3 is 10.8 Å². The number of carbonyl (C=O) groups is 1. The number of benzene rings is 1. The van der Waals surface area contributed by atoms with Gasteiger partial charge in [0.25, 0.3) is 0 Å². The molecule has 92 valence electrons. The summed E-state index contributed by atoms with van der Waals surface area (Å²) < 4.78 is 26.7. The smallest absolute Gasteiger partial charge is 0.352 e. The number of halogens is 2. The van der Waals surface area contributed by atoms with Crippen molar-refractivity contribution in [1.82, 2.24) is 0 Å². The van der Waals surface area contributed by atoms with E-state index in [1.807, 2.05) is 0 Å². The summed E-state index contributed by atoms with van der Waals surface area (Å²) in [5.74, 6) is -2.58. The molecule has 0 spiro atoms. The topological polar surface area (TPSA) is 63.3 Å². The predicted octanol–water partition coefficient (Wildman–Crippen LogP) is 2.64. The Bertz CT molecular complexity index is 443. The van der Waals surface area contributed by atoms with Gasteiger partial charge >= 0.3 is 5.97 Å². The Kier molecular flexibility index (Phi) is 4.51. The fourth-order valence-electron chi connectivity index (χ4n) is 1.19. The van der Waals surface area contributed by atoms with E-state index in [4.69, 9.17) is 10.8 Å². The number of aliphatic carboxylic acids is 1. The highest BCUT2D eigenvalue weighted by molar-refractivity contribution is 8.02. The van der Waals surface area contributed by atoms with Crippen LogP contribution in [0.5, 0.6) is 0 Å².